The lowest BCUT2D eigenvalue weighted by molar-refractivity contribution is -0.167. The van der Waals surface area contributed by atoms with Crippen molar-refractivity contribution < 1.29 is 28.6 Å². The van der Waals surface area contributed by atoms with E-state index < -0.39 is 6.10 Å². The van der Waals surface area contributed by atoms with Crippen LogP contribution in [0.15, 0.2) is 72.9 Å². The maximum absolute atomic E-state index is 12.8. The Morgan fingerprint density at radius 2 is 0.600 bits per heavy atom. The fourth-order valence-corrected chi connectivity index (χ4v) is 7.58. The molecule has 6 nitrogen and oxygen atoms in total. The SMILES string of the molecule is CC/C=C\C/C=C\C/C=C\C/C=C\CCCCCCC(=O)OCC(COC(=O)CCCCCCCCCCCCCCCCC)OC(=O)CCCCCCC/C=C\C/C=C\CCCCC. The summed E-state index contributed by atoms with van der Waals surface area (Å²) in [5.41, 5.74) is 0. The molecule has 0 spiro atoms. The summed E-state index contributed by atoms with van der Waals surface area (Å²) in [6.07, 6.45) is 67.4. The first-order valence-electron chi connectivity index (χ1n) is 27.4. The molecule has 6 heteroatoms. The van der Waals surface area contributed by atoms with E-state index in [1.165, 1.54) is 103 Å². The molecule has 65 heavy (non-hydrogen) atoms. The van der Waals surface area contributed by atoms with Gasteiger partial charge in [-0.25, -0.2) is 0 Å². The number of ether oxygens (including phenoxy) is 3. The van der Waals surface area contributed by atoms with E-state index in [2.05, 4.69) is 93.7 Å². The summed E-state index contributed by atoms with van der Waals surface area (Å²) in [7, 11) is 0. The van der Waals surface area contributed by atoms with Gasteiger partial charge in [0.05, 0.1) is 0 Å². The summed E-state index contributed by atoms with van der Waals surface area (Å²) in [5, 5.41) is 0. The van der Waals surface area contributed by atoms with Crippen molar-refractivity contribution in [3.05, 3.63) is 72.9 Å². The van der Waals surface area contributed by atoms with E-state index in [4.69, 9.17) is 14.2 Å². The first kappa shape index (κ1) is 61.9. The van der Waals surface area contributed by atoms with Gasteiger partial charge in [0.25, 0.3) is 0 Å². The Morgan fingerprint density at radius 3 is 0.969 bits per heavy atom. The summed E-state index contributed by atoms with van der Waals surface area (Å²) in [4.78, 5) is 38.1. The van der Waals surface area contributed by atoms with Crippen molar-refractivity contribution in [1.82, 2.24) is 0 Å². The molecule has 0 N–H and O–H groups in total. The number of rotatable bonds is 49. The van der Waals surface area contributed by atoms with Crippen LogP contribution in [0.1, 0.15) is 265 Å². The molecule has 0 aliphatic heterocycles. The molecule has 0 saturated heterocycles. The number of carbonyl (C=O) groups is 3. The maximum atomic E-state index is 12.8. The Morgan fingerprint density at radius 1 is 0.323 bits per heavy atom. The van der Waals surface area contributed by atoms with Crippen LogP contribution >= 0.6 is 0 Å². The first-order valence-corrected chi connectivity index (χ1v) is 27.4. The third-order valence-electron chi connectivity index (χ3n) is 11.7. The molecular formula is C59H102O6. The van der Waals surface area contributed by atoms with Crippen LogP contribution in [0.25, 0.3) is 0 Å². The number of hydrogen-bond acceptors (Lipinski definition) is 6. The number of esters is 3. The summed E-state index contributed by atoms with van der Waals surface area (Å²) < 4.78 is 16.8. The average Bonchev–Trinajstić information content (AvgIpc) is 3.30. The number of hydrogen-bond donors (Lipinski definition) is 0. The Labute approximate surface area is 402 Å². The van der Waals surface area contributed by atoms with Gasteiger partial charge in [-0.1, -0.05) is 229 Å². The molecule has 0 saturated carbocycles. The molecular weight excluding hydrogens is 805 g/mol. The molecule has 0 heterocycles. The Bertz CT molecular complexity index is 1230. The van der Waals surface area contributed by atoms with Crippen LogP contribution in [0.2, 0.25) is 0 Å². The zero-order chi connectivity index (χ0) is 47.2. The minimum absolute atomic E-state index is 0.0872. The minimum atomic E-state index is -0.791. The van der Waals surface area contributed by atoms with Gasteiger partial charge in [-0.2, -0.15) is 0 Å². The van der Waals surface area contributed by atoms with E-state index in [9.17, 15) is 14.4 Å². The lowest BCUT2D eigenvalue weighted by Crippen LogP contribution is -2.30. The Balaban J connectivity index is 4.44. The van der Waals surface area contributed by atoms with Crippen molar-refractivity contribution >= 4 is 17.9 Å². The molecule has 1 unspecified atom stereocenters. The molecule has 0 amide bonds. The molecule has 0 aliphatic carbocycles. The van der Waals surface area contributed by atoms with E-state index in [-0.39, 0.29) is 31.1 Å². The van der Waals surface area contributed by atoms with Crippen LogP contribution in [0.5, 0.6) is 0 Å². The predicted octanol–water partition coefficient (Wildman–Crippen LogP) is 18.2. The highest BCUT2D eigenvalue weighted by molar-refractivity contribution is 5.71. The fourth-order valence-electron chi connectivity index (χ4n) is 7.58. The van der Waals surface area contributed by atoms with Crippen LogP contribution in [0.4, 0.5) is 0 Å². The molecule has 1 atom stereocenters. The molecule has 0 rings (SSSR count). The third kappa shape index (κ3) is 51.7. The summed E-state index contributed by atoms with van der Waals surface area (Å²) in [5.74, 6) is -0.919. The van der Waals surface area contributed by atoms with Gasteiger partial charge in [0.2, 0.25) is 0 Å². The number of allylic oxidation sites excluding steroid dienone is 12. The number of unbranched alkanes of at least 4 members (excludes halogenated alkanes) is 26. The summed E-state index contributed by atoms with van der Waals surface area (Å²) >= 11 is 0. The first-order chi connectivity index (χ1) is 32.0. The van der Waals surface area contributed by atoms with Gasteiger partial charge in [0.15, 0.2) is 6.10 Å². The van der Waals surface area contributed by atoms with Gasteiger partial charge >= 0.3 is 17.9 Å². The van der Waals surface area contributed by atoms with E-state index in [1.54, 1.807) is 0 Å². The zero-order valence-electron chi connectivity index (χ0n) is 42.7. The van der Waals surface area contributed by atoms with Gasteiger partial charge in [-0.3, -0.25) is 14.4 Å². The molecule has 374 valence electrons. The minimum Gasteiger partial charge on any atom is -0.462 e. The lowest BCUT2D eigenvalue weighted by atomic mass is 10.0. The highest BCUT2D eigenvalue weighted by Gasteiger charge is 2.19. The van der Waals surface area contributed by atoms with E-state index in [1.807, 2.05) is 0 Å². The van der Waals surface area contributed by atoms with Crippen molar-refractivity contribution in [2.45, 2.75) is 271 Å². The zero-order valence-corrected chi connectivity index (χ0v) is 42.7. The Kier molecular flexibility index (Phi) is 50.9. The molecule has 0 radical (unpaired) electrons. The molecule has 0 fully saturated rings. The molecule has 0 aromatic rings. The van der Waals surface area contributed by atoms with Crippen molar-refractivity contribution in [2.75, 3.05) is 13.2 Å². The lowest BCUT2D eigenvalue weighted by Gasteiger charge is -2.18. The average molecular weight is 907 g/mol. The smallest absolute Gasteiger partial charge is 0.306 e. The van der Waals surface area contributed by atoms with Gasteiger partial charge in [-0.05, 0) is 89.9 Å². The van der Waals surface area contributed by atoms with Crippen molar-refractivity contribution in [3.63, 3.8) is 0 Å². The molecule has 0 bridgehead atoms. The van der Waals surface area contributed by atoms with Gasteiger partial charge in [-0.15, -0.1) is 0 Å². The van der Waals surface area contributed by atoms with Crippen molar-refractivity contribution in [3.8, 4) is 0 Å². The monoisotopic (exact) mass is 907 g/mol. The van der Waals surface area contributed by atoms with Crippen LogP contribution in [0, 0.1) is 0 Å². The van der Waals surface area contributed by atoms with Crippen LogP contribution in [0.3, 0.4) is 0 Å². The van der Waals surface area contributed by atoms with E-state index >= 15 is 0 Å². The third-order valence-corrected chi connectivity index (χ3v) is 11.7. The largest absolute Gasteiger partial charge is 0.462 e. The van der Waals surface area contributed by atoms with Crippen LogP contribution < -0.4 is 0 Å². The fraction of sp³-hybridized carbons (Fsp3) is 0.746. The second-order valence-electron chi connectivity index (χ2n) is 18.1. The summed E-state index contributed by atoms with van der Waals surface area (Å²) in [6, 6.07) is 0. The van der Waals surface area contributed by atoms with E-state index in [0.29, 0.717) is 19.3 Å². The van der Waals surface area contributed by atoms with Crippen molar-refractivity contribution in [2.24, 2.45) is 0 Å². The topological polar surface area (TPSA) is 78.9 Å². The second-order valence-corrected chi connectivity index (χ2v) is 18.1. The normalized spacial score (nSPS) is 12.6. The van der Waals surface area contributed by atoms with Crippen LogP contribution in [-0.2, 0) is 28.6 Å². The highest BCUT2D eigenvalue weighted by atomic mass is 16.6. The van der Waals surface area contributed by atoms with Gasteiger partial charge in [0.1, 0.15) is 13.2 Å². The van der Waals surface area contributed by atoms with E-state index in [0.717, 1.165) is 122 Å². The molecule has 0 aromatic carbocycles. The maximum Gasteiger partial charge on any atom is 0.306 e. The molecule has 0 aliphatic rings. The molecule has 0 aromatic heterocycles. The second kappa shape index (κ2) is 53.5. The van der Waals surface area contributed by atoms with Gasteiger partial charge < -0.3 is 14.2 Å². The van der Waals surface area contributed by atoms with Crippen molar-refractivity contribution in [1.29, 1.82) is 0 Å². The van der Waals surface area contributed by atoms with Gasteiger partial charge in [0, 0.05) is 19.3 Å². The summed E-state index contributed by atoms with van der Waals surface area (Å²) in [6.45, 7) is 6.48. The number of carbonyl (C=O) groups excluding carboxylic acids is 3. The highest BCUT2D eigenvalue weighted by Crippen LogP contribution is 2.15. The van der Waals surface area contributed by atoms with Crippen LogP contribution in [-0.4, -0.2) is 37.2 Å². The quantitative estimate of drug-likeness (QED) is 0.0262. The predicted molar refractivity (Wildman–Crippen MR) is 279 cm³/mol. The standard InChI is InChI=1S/C59H102O6/c1-4-7-10-13-16-19-22-25-28-29-32-34-37-40-43-46-49-52-58(61)64-55-56(65-59(62)53-50-47-44-41-38-35-31-27-24-21-18-15-12-9-6-3)54-63-57(60)51-48-45-42-39-36-33-30-26-23-20-17-14-11-8-5-2/h7,10,16,18-19,21,25,27-28,31-32,34,56H,4-6,8-9,11-15,17,20,22-24,26,29-30,33,35-55H2,1-3H3/b10-7-,19-16-,21-18-,28-25-,31-27-,34-32-. The Hall–Kier alpha value is -3.15.